The second kappa shape index (κ2) is 33.4. The molecule has 88 heavy (non-hydrogen) atoms. The molecule has 3 unspecified atom stereocenters. The predicted octanol–water partition coefficient (Wildman–Crippen LogP) is 10.9. The van der Waals surface area contributed by atoms with E-state index in [1.165, 1.54) is 0 Å². The molecule has 5 aliphatic heterocycles. The van der Waals surface area contributed by atoms with Crippen molar-refractivity contribution in [3.8, 4) is 0 Å². The Balaban J connectivity index is 0.00000109. The summed E-state index contributed by atoms with van der Waals surface area (Å²) < 4.78 is 15.9. The van der Waals surface area contributed by atoms with Gasteiger partial charge in [-0.25, -0.2) is 14.4 Å². The van der Waals surface area contributed by atoms with Crippen molar-refractivity contribution in [2.45, 2.75) is 197 Å². The minimum atomic E-state index is -1.00. The molecule has 5 aliphatic rings. The minimum absolute atomic E-state index is 0. The van der Waals surface area contributed by atoms with Crippen molar-refractivity contribution < 1.29 is 112 Å². The van der Waals surface area contributed by atoms with Gasteiger partial charge in [0.1, 0.15) is 28.4 Å². The summed E-state index contributed by atoms with van der Waals surface area (Å²) >= 11 is 17.7. The third-order valence-corrected chi connectivity index (χ3v) is 17.1. The fraction of sp³-hybridized carbons (Fsp3) is 0.657. The van der Waals surface area contributed by atoms with Gasteiger partial charge in [0.25, 0.3) is 0 Å². The second-order valence-electron chi connectivity index (χ2n) is 28.7. The van der Waals surface area contributed by atoms with Crippen LogP contribution in [0.15, 0.2) is 72.8 Å². The van der Waals surface area contributed by atoms with Crippen molar-refractivity contribution in [2.24, 2.45) is 21.7 Å². The molecule has 0 radical (unpaired) electrons. The Labute approximate surface area is 585 Å². The largest absolute Gasteiger partial charge is 1.00 e. The Kier molecular flexibility index (Phi) is 31.7. The summed E-state index contributed by atoms with van der Waals surface area (Å²) in [5, 5.41) is 41.7. The maximum absolute atomic E-state index is 12.3. The number of carbonyl (C=O) groups is 5. The molecule has 0 aromatic heterocycles. The molecule has 3 amide bonds. The first-order valence-corrected chi connectivity index (χ1v) is 30.8. The van der Waals surface area contributed by atoms with Crippen LogP contribution in [-0.2, 0) is 40.6 Å². The standard InChI is InChI=1S/C18H26ClNO3.2C13H18ClNO.C12H21NO3.C10H17NO3.CH4.Ar.Li.H/c1-16(2,3)23-15(21)20-11-10-18(22,17(4,5)12-20)13-6-8-14(19)9-7-13;2*1-12(2)9-15-8-7-13(12,16)10-3-5-11(14)6-4-10;1-11(2,3)16-10(15)13-7-6-9(14)12(4,5)8-13;1-10(2,3)14-9(13)11-6-4-8(12)5-7-11;;;;/h6-9,22H,10-12H2,1-5H3;2*3-6,15-16H,7-9H2,1-2H3;6-8H2,1-5H3;4-7H2,1-3H3;1H4;;;/q;;;;;;;+1;-1. The number of aliphatic hydroxyl groups is 3. The van der Waals surface area contributed by atoms with Crippen molar-refractivity contribution in [1.29, 1.82) is 0 Å². The molecular weight excluding hydrogens is 1200 g/mol. The molecule has 5 heterocycles. The third kappa shape index (κ3) is 23.7. The molecule has 0 bridgehead atoms. The van der Waals surface area contributed by atoms with Gasteiger partial charge in [0, 0.05) is 146 Å². The topological polar surface area (TPSA) is 208 Å². The summed E-state index contributed by atoms with van der Waals surface area (Å²) in [4.78, 5) is 63.0. The van der Waals surface area contributed by atoms with Crippen LogP contribution < -0.4 is 29.5 Å². The van der Waals surface area contributed by atoms with Crippen LogP contribution in [0.4, 0.5) is 14.4 Å². The zero-order valence-corrected chi connectivity index (χ0v) is 58.2. The van der Waals surface area contributed by atoms with Gasteiger partial charge in [0.05, 0.1) is 16.8 Å². The van der Waals surface area contributed by atoms with Crippen LogP contribution in [0.1, 0.15) is 182 Å². The van der Waals surface area contributed by atoms with Crippen molar-refractivity contribution in [1.82, 2.24) is 25.3 Å². The smallest absolute Gasteiger partial charge is 1.00 e. The van der Waals surface area contributed by atoms with E-state index in [1.54, 1.807) is 26.8 Å². The van der Waals surface area contributed by atoms with E-state index in [0.29, 0.717) is 80.0 Å². The molecule has 0 aliphatic carbocycles. The number of likely N-dealkylation sites (tertiary alicyclic amines) is 3. The third-order valence-electron chi connectivity index (χ3n) is 16.3. The number of hydrogen-bond acceptors (Lipinski definition) is 13. The second-order valence-corrected chi connectivity index (χ2v) is 30.0. The summed E-state index contributed by atoms with van der Waals surface area (Å²) in [7, 11) is 0. The molecule has 8 rings (SSSR count). The molecule has 16 nitrogen and oxygen atoms in total. The molecule has 494 valence electrons. The number of ketones is 2. The minimum Gasteiger partial charge on any atom is -1.00 e. The van der Waals surface area contributed by atoms with Gasteiger partial charge in [-0.2, -0.15) is 0 Å². The first kappa shape index (κ1) is 83.3. The van der Waals surface area contributed by atoms with Gasteiger partial charge in [-0.1, -0.05) is 134 Å². The van der Waals surface area contributed by atoms with Gasteiger partial charge in [-0.05, 0) is 148 Å². The van der Waals surface area contributed by atoms with Crippen LogP contribution in [0.25, 0.3) is 0 Å². The molecule has 0 spiro atoms. The maximum atomic E-state index is 12.3. The number of rotatable bonds is 3. The number of Topliss-reactive ketones (excluding diaryl/α,β-unsaturated/α-hetero) is 2. The molecule has 5 saturated heterocycles. The average molecular weight is 1310 g/mol. The van der Waals surface area contributed by atoms with Crippen LogP contribution >= 0.6 is 34.8 Å². The van der Waals surface area contributed by atoms with Crippen LogP contribution in [-0.4, -0.2) is 142 Å². The summed E-state index contributed by atoms with van der Waals surface area (Å²) in [5.74, 6) is 0.442. The van der Waals surface area contributed by atoms with Crippen molar-refractivity contribution >= 4 is 64.6 Å². The Morgan fingerprint density at radius 3 is 1.07 bits per heavy atom. The number of halogens is 3. The predicted molar refractivity (Wildman–Crippen MR) is 346 cm³/mol. The van der Waals surface area contributed by atoms with E-state index in [0.717, 1.165) is 55.7 Å². The summed E-state index contributed by atoms with van der Waals surface area (Å²) in [6.07, 6.45) is 2.30. The number of piperidine rings is 5. The quantitative estimate of drug-likeness (QED) is 0.122. The van der Waals surface area contributed by atoms with E-state index in [1.807, 2.05) is 151 Å². The number of carbonyl (C=O) groups excluding carboxylic acids is 5. The van der Waals surface area contributed by atoms with Gasteiger partial charge < -0.3 is 56.3 Å². The van der Waals surface area contributed by atoms with Crippen molar-refractivity contribution in [3.05, 3.63) is 105 Å². The Morgan fingerprint density at radius 2 is 0.773 bits per heavy atom. The zero-order valence-electron chi connectivity index (χ0n) is 56.2. The average Bonchev–Trinajstić information content (AvgIpc) is 2.38. The molecule has 3 atom stereocenters. The molecule has 21 heteroatoms. The number of ether oxygens (including phenoxy) is 3. The van der Waals surface area contributed by atoms with Crippen LogP contribution in [0.3, 0.4) is 0 Å². The van der Waals surface area contributed by atoms with Gasteiger partial charge in [0.15, 0.2) is 0 Å². The summed E-state index contributed by atoms with van der Waals surface area (Å²) in [6.45, 7) is 38.7. The number of benzene rings is 3. The van der Waals surface area contributed by atoms with E-state index < -0.39 is 44.4 Å². The first-order chi connectivity index (χ1) is 38.9. The van der Waals surface area contributed by atoms with Gasteiger partial charge >= 0.3 is 37.1 Å². The summed E-state index contributed by atoms with van der Waals surface area (Å²) in [6, 6.07) is 22.3. The van der Waals surface area contributed by atoms with Gasteiger partial charge in [-0.3, -0.25) is 9.59 Å². The molecule has 0 saturated carbocycles. The fourth-order valence-corrected chi connectivity index (χ4v) is 11.2. The molecule has 3 aromatic rings. The maximum Gasteiger partial charge on any atom is 1.00 e. The van der Waals surface area contributed by atoms with E-state index in [-0.39, 0.29) is 106 Å². The zero-order chi connectivity index (χ0) is 64.4. The van der Waals surface area contributed by atoms with Crippen LogP contribution in [0.5, 0.6) is 0 Å². The Hall–Kier alpha value is -2.66. The number of amides is 3. The fourth-order valence-electron chi connectivity index (χ4n) is 10.9. The SMILES string of the molecule is C.CC(C)(C)OC(=O)N1CCC(=O)C(C)(C)C1.CC(C)(C)OC(=O)N1CCC(=O)CC1.CC(C)(C)OC(=O)N1CCC(O)(c2ccc(Cl)cc2)C(C)(C)C1.CC1(C)CNCCC1(O)c1ccc(Cl)cc1.CC1(C)CNCCC1(O)c1ccc(Cl)cc1.[Ar].[H-].[Li+]. The first-order valence-electron chi connectivity index (χ1n) is 29.7. The number of hydrogen-bond donors (Lipinski definition) is 5. The van der Waals surface area contributed by atoms with Gasteiger partial charge in [-0.15, -0.1) is 0 Å². The molecule has 3 aromatic carbocycles. The number of nitrogens with zero attached hydrogens (tertiary/aromatic N) is 3. The van der Waals surface area contributed by atoms with Gasteiger partial charge in [0.2, 0.25) is 0 Å². The van der Waals surface area contributed by atoms with E-state index in [4.69, 9.17) is 49.0 Å². The van der Waals surface area contributed by atoms with Crippen molar-refractivity contribution in [2.75, 3.05) is 65.4 Å². The van der Waals surface area contributed by atoms with Crippen molar-refractivity contribution in [3.63, 3.8) is 0 Å². The Bertz CT molecular complexity index is 2660. The van der Waals surface area contributed by atoms with Crippen LogP contribution in [0.2, 0.25) is 15.1 Å². The molecule has 5 N–H and O–H groups in total. The normalized spacial score (nSPS) is 23.6. The van der Waals surface area contributed by atoms with E-state index in [9.17, 15) is 39.3 Å². The number of nitrogens with one attached hydrogen (secondary N) is 2. The molecule has 5 fully saturated rings. The van der Waals surface area contributed by atoms with E-state index in [2.05, 4.69) is 38.3 Å². The Morgan fingerprint density at radius 1 is 0.477 bits per heavy atom. The van der Waals surface area contributed by atoms with E-state index >= 15 is 0 Å². The van der Waals surface area contributed by atoms with Crippen LogP contribution in [0, 0.1) is 59.4 Å². The summed E-state index contributed by atoms with van der Waals surface area (Å²) in [5.41, 5.74) is -2.53. The monoisotopic (exact) mass is 1310 g/mol. The molecular formula is C67H105ArCl3LiN5O11.